The van der Waals surface area contributed by atoms with Gasteiger partial charge in [-0.1, -0.05) is 0 Å². The molecule has 0 saturated heterocycles. The van der Waals surface area contributed by atoms with Crippen LogP contribution < -0.4 is 10.1 Å². The molecule has 0 fully saturated rings. The molecule has 0 saturated carbocycles. The van der Waals surface area contributed by atoms with Crippen molar-refractivity contribution >= 4 is 28.9 Å². The predicted molar refractivity (Wildman–Crippen MR) is 77.0 cm³/mol. The van der Waals surface area contributed by atoms with E-state index < -0.39 is 0 Å². The Bertz CT molecular complexity index is 533. The van der Waals surface area contributed by atoms with E-state index in [0.717, 1.165) is 0 Å². The highest BCUT2D eigenvalue weighted by atomic mass is 35.5. The number of nitrogens with one attached hydrogen (secondary N) is 1. The van der Waals surface area contributed by atoms with Crippen LogP contribution in [0.25, 0.3) is 0 Å². The summed E-state index contributed by atoms with van der Waals surface area (Å²) < 4.78 is 5.42. The molecule has 0 aliphatic rings. The van der Waals surface area contributed by atoms with E-state index >= 15 is 0 Å². The molecule has 7 heteroatoms. The minimum absolute atomic E-state index is 0.0133. The first-order valence-electron chi connectivity index (χ1n) is 5.91. The van der Waals surface area contributed by atoms with E-state index in [0.29, 0.717) is 5.95 Å². The maximum atomic E-state index is 5.86. The van der Waals surface area contributed by atoms with Gasteiger partial charge in [-0.15, -0.1) is 0 Å². The maximum absolute atomic E-state index is 5.86. The van der Waals surface area contributed by atoms with E-state index in [1.54, 1.807) is 11.3 Å². The zero-order valence-electron chi connectivity index (χ0n) is 10.9. The van der Waals surface area contributed by atoms with Gasteiger partial charge in [0.1, 0.15) is 0 Å². The summed E-state index contributed by atoms with van der Waals surface area (Å²) in [7, 11) is 0. The van der Waals surface area contributed by atoms with Crippen LogP contribution in [0.2, 0.25) is 5.28 Å². The normalized spacial score (nSPS) is 12.5. The summed E-state index contributed by atoms with van der Waals surface area (Å²) in [5.74, 6) is 0.411. The molecule has 0 aliphatic carbocycles. The molecule has 1 unspecified atom stereocenters. The lowest BCUT2D eigenvalue weighted by atomic mass is 10.2. The maximum Gasteiger partial charge on any atom is 0.322 e. The molecule has 0 bridgehead atoms. The fourth-order valence-corrected chi connectivity index (χ4v) is 2.36. The number of nitrogens with zero attached hydrogens (tertiary/aromatic N) is 3. The SMILES string of the molecule is CC(C)Oc1nc(Cl)nc(NC(C)c2ccsc2)n1. The predicted octanol–water partition coefficient (Wildman–Crippen LogP) is 3.55. The lowest BCUT2D eigenvalue weighted by Gasteiger charge is -2.13. The zero-order chi connectivity index (χ0) is 13.8. The lowest BCUT2D eigenvalue weighted by Crippen LogP contribution is -2.13. The Morgan fingerprint density at radius 1 is 1.26 bits per heavy atom. The summed E-state index contributed by atoms with van der Waals surface area (Å²) >= 11 is 7.51. The number of hydrogen-bond donors (Lipinski definition) is 1. The summed E-state index contributed by atoms with van der Waals surface area (Å²) in [5.41, 5.74) is 1.17. The molecule has 2 aromatic heterocycles. The van der Waals surface area contributed by atoms with E-state index in [9.17, 15) is 0 Å². The van der Waals surface area contributed by atoms with Crippen molar-refractivity contribution < 1.29 is 4.74 Å². The monoisotopic (exact) mass is 298 g/mol. The van der Waals surface area contributed by atoms with Gasteiger partial charge >= 0.3 is 6.01 Å². The smallest absolute Gasteiger partial charge is 0.322 e. The molecule has 102 valence electrons. The number of ether oxygens (including phenoxy) is 1. The Labute approximate surface area is 121 Å². The second kappa shape index (κ2) is 6.16. The van der Waals surface area contributed by atoms with Gasteiger partial charge in [-0.3, -0.25) is 0 Å². The molecule has 2 rings (SSSR count). The molecule has 0 radical (unpaired) electrons. The number of hydrogen-bond acceptors (Lipinski definition) is 6. The van der Waals surface area contributed by atoms with E-state index in [-0.39, 0.29) is 23.4 Å². The van der Waals surface area contributed by atoms with Crippen LogP contribution in [0.4, 0.5) is 5.95 Å². The molecular formula is C12H15ClN4OS. The average Bonchev–Trinajstić information content (AvgIpc) is 2.79. The summed E-state index contributed by atoms with van der Waals surface area (Å²) in [6.07, 6.45) is -0.0133. The molecule has 1 N–H and O–H groups in total. The third kappa shape index (κ3) is 4.04. The number of rotatable bonds is 5. The van der Waals surface area contributed by atoms with E-state index in [2.05, 4.69) is 31.7 Å². The van der Waals surface area contributed by atoms with E-state index in [4.69, 9.17) is 16.3 Å². The van der Waals surface area contributed by atoms with Crippen molar-refractivity contribution in [1.29, 1.82) is 0 Å². The van der Waals surface area contributed by atoms with Gasteiger partial charge in [-0.2, -0.15) is 26.3 Å². The summed E-state index contributed by atoms with van der Waals surface area (Å²) in [5, 5.41) is 7.40. The molecule has 19 heavy (non-hydrogen) atoms. The van der Waals surface area contributed by atoms with Gasteiger partial charge in [-0.05, 0) is 54.8 Å². The molecule has 0 aliphatic heterocycles. The van der Waals surface area contributed by atoms with E-state index in [1.165, 1.54) is 5.56 Å². The van der Waals surface area contributed by atoms with Crippen molar-refractivity contribution in [2.24, 2.45) is 0 Å². The fraction of sp³-hybridized carbons (Fsp3) is 0.417. The highest BCUT2D eigenvalue weighted by molar-refractivity contribution is 7.07. The van der Waals surface area contributed by atoms with Crippen LogP contribution in [0.3, 0.4) is 0 Å². The van der Waals surface area contributed by atoms with Gasteiger partial charge in [0.15, 0.2) is 0 Å². The minimum atomic E-state index is -0.0133. The van der Waals surface area contributed by atoms with Crippen molar-refractivity contribution in [2.75, 3.05) is 5.32 Å². The Balaban J connectivity index is 2.13. The third-order valence-electron chi connectivity index (χ3n) is 2.32. The van der Waals surface area contributed by atoms with Crippen molar-refractivity contribution in [3.05, 3.63) is 27.7 Å². The molecule has 5 nitrogen and oxygen atoms in total. The highest BCUT2D eigenvalue weighted by Gasteiger charge is 2.11. The molecule has 1 atom stereocenters. The average molecular weight is 299 g/mol. The van der Waals surface area contributed by atoms with Gasteiger partial charge < -0.3 is 10.1 Å². The highest BCUT2D eigenvalue weighted by Crippen LogP contribution is 2.21. The summed E-state index contributed by atoms with van der Waals surface area (Å²) in [6.45, 7) is 5.83. The topological polar surface area (TPSA) is 59.9 Å². The Morgan fingerprint density at radius 3 is 2.68 bits per heavy atom. The molecule has 2 aromatic rings. The fourth-order valence-electron chi connectivity index (χ4n) is 1.46. The molecule has 2 heterocycles. The third-order valence-corrected chi connectivity index (χ3v) is 3.19. The van der Waals surface area contributed by atoms with Crippen molar-refractivity contribution in [3.63, 3.8) is 0 Å². The number of anilines is 1. The first-order chi connectivity index (χ1) is 9.04. The Morgan fingerprint density at radius 2 is 2.05 bits per heavy atom. The molecular weight excluding hydrogens is 284 g/mol. The van der Waals surface area contributed by atoms with Crippen molar-refractivity contribution in [1.82, 2.24) is 15.0 Å². The van der Waals surface area contributed by atoms with Crippen molar-refractivity contribution in [3.8, 4) is 6.01 Å². The number of aromatic nitrogens is 3. The van der Waals surface area contributed by atoms with Crippen molar-refractivity contribution in [2.45, 2.75) is 32.9 Å². The van der Waals surface area contributed by atoms with Crippen LogP contribution in [0.5, 0.6) is 6.01 Å². The largest absolute Gasteiger partial charge is 0.461 e. The Hall–Kier alpha value is -1.40. The van der Waals surface area contributed by atoms with Crippen LogP contribution in [0.15, 0.2) is 16.8 Å². The summed E-state index contributed by atoms with van der Waals surface area (Å²) in [6, 6.07) is 2.38. The van der Waals surface area contributed by atoms with Crippen LogP contribution in [0.1, 0.15) is 32.4 Å². The van der Waals surface area contributed by atoms with Gasteiger partial charge in [0, 0.05) is 0 Å². The lowest BCUT2D eigenvalue weighted by molar-refractivity contribution is 0.222. The molecule has 0 amide bonds. The van der Waals surface area contributed by atoms with E-state index in [1.807, 2.05) is 26.2 Å². The first kappa shape index (κ1) is 14.0. The number of halogens is 1. The van der Waals surface area contributed by atoms with Crippen LogP contribution in [0, 0.1) is 0 Å². The molecule has 0 spiro atoms. The molecule has 0 aromatic carbocycles. The van der Waals surface area contributed by atoms with Gasteiger partial charge in [0.25, 0.3) is 0 Å². The van der Waals surface area contributed by atoms with Gasteiger partial charge in [-0.25, -0.2) is 0 Å². The van der Waals surface area contributed by atoms with Gasteiger partial charge in [0.05, 0.1) is 12.1 Å². The Kier molecular flexibility index (Phi) is 4.55. The van der Waals surface area contributed by atoms with Crippen LogP contribution >= 0.6 is 22.9 Å². The standard InChI is InChI=1S/C12H15ClN4OS/c1-7(2)18-12-16-10(13)15-11(17-12)14-8(3)9-4-5-19-6-9/h4-8H,1-3H3,(H,14,15,16,17). The van der Waals surface area contributed by atoms with Crippen LogP contribution in [-0.2, 0) is 0 Å². The quantitative estimate of drug-likeness (QED) is 0.915. The second-order valence-corrected chi connectivity index (χ2v) is 5.42. The second-order valence-electron chi connectivity index (χ2n) is 4.30. The first-order valence-corrected chi connectivity index (χ1v) is 7.23. The zero-order valence-corrected chi connectivity index (χ0v) is 12.5. The van der Waals surface area contributed by atoms with Gasteiger partial charge in [0.2, 0.25) is 11.2 Å². The van der Waals surface area contributed by atoms with Crippen LogP contribution in [-0.4, -0.2) is 21.1 Å². The summed E-state index contributed by atoms with van der Waals surface area (Å²) in [4.78, 5) is 12.2. The minimum Gasteiger partial charge on any atom is -0.461 e. The number of thiophene rings is 1.